The number of aromatic nitrogens is 2. The highest BCUT2D eigenvalue weighted by Gasteiger charge is 2.09. The Morgan fingerprint density at radius 3 is 2.72 bits per heavy atom. The topological polar surface area (TPSA) is 67.1 Å². The number of hydrogen-bond donors (Lipinski definition) is 2. The molecule has 2 rings (SSSR count). The zero-order chi connectivity index (χ0) is 13.1. The second-order valence-electron chi connectivity index (χ2n) is 3.99. The summed E-state index contributed by atoms with van der Waals surface area (Å²) in [5.74, 6) is 1.24. The summed E-state index contributed by atoms with van der Waals surface area (Å²) >= 11 is 5.92. The maximum Gasteiger partial charge on any atom is 0.159 e. The fraction of sp³-hybridized carbons (Fsp3) is 0.167. The fourth-order valence-corrected chi connectivity index (χ4v) is 1.74. The molecular formula is C12H14ClN5. The van der Waals surface area contributed by atoms with Crippen molar-refractivity contribution in [3.63, 3.8) is 0 Å². The molecule has 1 aromatic heterocycles. The van der Waals surface area contributed by atoms with E-state index >= 15 is 0 Å². The molecule has 0 radical (unpaired) electrons. The van der Waals surface area contributed by atoms with Crippen molar-refractivity contribution >= 4 is 34.6 Å². The second-order valence-corrected chi connectivity index (χ2v) is 4.43. The lowest BCUT2D eigenvalue weighted by atomic mass is 10.3. The van der Waals surface area contributed by atoms with Crippen LogP contribution in [0.3, 0.4) is 0 Å². The van der Waals surface area contributed by atoms with Crippen molar-refractivity contribution in [1.29, 1.82) is 0 Å². The predicted molar refractivity (Wildman–Crippen MR) is 75.5 cm³/mol. The molecule has 0 aliphatic carbocycles. The highest BCUT2D eigenvalue weighted by molar-refractivity contribution is 6.30. The van der Waals surface area contributed by atoms with Gasteiger partial charge in [-0.25, -0.2) is 9.97 Å². The number of halogens is 1. The molecule has 0 bridgehead atoms. The fourth-order valence-electron chi connectivity index (χ4n) is 1.55. The predicted octanol–water partition coefficient (Wildman–Crippen LogP) is 2.52. The Labute approximate surface area is 111 Å². The molecule has 5 nitrogen and oxygen atoms in total. The van der Waals surface area contributed by atoms with Gasteiger partial charge in [-0.05, 0) is 18.2 Å². The van der Waals surface area contributed by atoms with Crippen molar-refractivity contribution in [2.24, 2.45) is 0 Å². The van der Waals surface area contributed by atoms with Crippen molar-refractivity contribution in [1.82, 2.24) is 9.97 Å². The molecule has 0 fully saturated rings. The molecule has 0 unspecified atom stereocenters. The van der Waals surface area contributed by atoms with Crippen LogP contribution in [0.2, 0.25) is 5.02 Å². The lowest BCUT2D eigenvalue weighted by Crippen LogP contribution is -2.14. The van der Waals surface area contributed by atoms with E-state index in [-0.39, 0.29) is 0 Å². The van der Waals surface area contributed by atoms with Crippen LogP contribution in [-0.2, 0) is 0 Å². The highest BCUT2D eigenvalue weighted by Crippen LogP contribution is 2.27. The Morgan fingerprint density at radius 2 is 2.06 bits per heavy atom. The molecule has 94 valence electrons. The maximum absolute atomic E-state index is 6.01. The van der Waals surface area contributed by atoms with Crippen LogP contribution in [0.25, 0.3) is 0 Å². The Balaban J connectivity index is 2.32. The Bertz CT molecular complexity index is 556. The number of benzene rings is 1. The van der Waals surface area contributed by atoms with Crippen LogP contribution in [0.1, 0.15) is 0 Å². The summed E-state index contributed by atoms with van der Waals surface area (Å²) in [5, 5.41) is 3.77. The van der Waals surface area contributed by atoms with E-state index in [1.54, 1.807) is 12.1 Å². The third kappa shape index (κ3) is 2.62. The number of anilines is 4. The Morgan fingerprint density at radius 1 is 1.28 bits per heavy atom. The second kappa shape index (κ2) is 5.10. The number of nitrogens with two attached hydrogens (primary N) is 1. The summed E-state index contributed by atoms with van der Waals surface area (Å²) < 4.78 is 0. The summed E-state index contributed by atoms with van der Waals surface area (Å²) in [7, 11) is 3.75. The monoisotopic (exact) mass is 263 g/mol. The first kappa shape index (κ1) is 12.4. The standard InChI is InChI=1S/C12H14ClN5/c1-18(2)12-10(14)11(15-7-16-12)17-9-5-3-4-8(13)6-9/h3-7H,14H2,1-2H3,(H,15,16,17). The molecule has 18 heavy (non-hydrogen) atoms. The van der Waals surface area contributed by atoms with E-state index in [0.29, 0.717) is 22.3 Å². The number of nitrogens with zero attached hydrogens (tertiary/aromatic N) is 3. The summed E-state index contributed by atoms with van der Waals surface area (Å²) in [6, 6.07) is 7.36. The van der Waals surface area contributed by atoms with Gasteiger partial charge in [0.25, 0.3) is 0 Å². The van der Waals surface area contributed by atoms with Crippen molar-refractivity contribution in [3.05, 3.63) is 35.6 Å². The van der Waals surface area contributed by atoms with Crippen molar-refractivity contribution < 1.29 is 0 Å². The van der Waals surface area contributed by atoms with Gasteiger partial charge in [0, 0.05) is 24.8 Å². The van der Waals surface area contributed by atoms with Gasteiger partial charge in [0.1, 0.15) is 12.0 Å². The molecule has 0 spiro atoms. The third-order valence-corrected chi connectivity index (χ3v) is 2.61. The highest BCUT2D eigenvalue weighted by atomic mass is 35.5. The molecule has 2 aromatic rings. The van der Waals surface area contributed by atoms with E-state index in [9.17, 15) is 0 Å². The molecule has 0 atom stereocenters. The van der Waals surface area contributed by atoms with Gasteiger partial charge in [-0.3, -0.25) is 0 Å². The summed E-state index contributed by atoms with van der Waals surface area (Å²) in [5.41, 5.74) is 7.34. The van der Waals surface area contributed by atoms with Gasteiger partial charge < -0.3 is 16.0 Å². The third-order valence-electron chi connectivity index (χ3n) is 2.37. The molecule has 0 saturated carbocycles. The van der Waals surface area contributed by atoms with Crippen LogP contribution in [0, 0.1) is 0 Å². The summed E-state index contributed by atoms with van der Waals surface area (Å²) in [6.45, 7) is 0. The maximum atomic E-state index is 6.01. The van der Waals surface area contributed by atoms with E-state index in [1.807, 2.05) is 31.1 Å². The van der Waals surface area contributed by atoms with Crippen molar-refractivity contribution in [2.75, 3.05) is 30.0 Å². The smallest absolute Gasteiger partial charge is 0.159 e. The molecule has 0 saturated heterocycles. The van der Waals surface area contributed by atoms with Crippen LogP contribution in [0.4, 0.5) is 23.0 Å². The van der Waals surface area contributed by atoms with Crippen LogP contribution < -0.4 is 16.0 Å². The Hall–Kier alpha value is -2.01. The zero-order valence-electron chi connectivity index (χ0n) is 10.2. The molecule has 0 aliphatic rings. The number of hydrogen-bond acceptors (Lipinski definition) is 5. The molecule has 0 aliphatic heterocycles. The van der Waals surface area contributed by atoms with E-state index < -0.39 is 0 Å². The normalized spacial score (nSPS) is 10.2. The first-order valence-electron chi connectivity index (χ1n) is 5.38. The minimum atomic E-state index is 0.502. The Kier molecular flexibility index (Phi) is 3.53. The van der Waals surface area contributed by atoms with Gasteiger partial charge in [0.15, 0.2) is 11.6 Å². The van der Waals surface area contributed by atoms with E-state index in [0.717, 1.165) is 5.69 Å². The lowest BCUT2D eigenvalue weighted by Gasteiger charge is -2.16. The zero-order valence-corrected chi connectivity index (χ0v) is 10.9. The molecule has 6 heteroatoms. The number of rotatable bonds is 3. The van der Waals surface area contributed by atoms with Crippen LogP contribution >= 0.6 is 11.6 Å². The van der Waals surface area contributed by atoms with Gasteiger partial charge in [-0.1, -0.05) is 17.7 Å². The van der Waals surface area contributed by atoms with Crippen molar-refractivity contribution in [3.8, 4) is 0 Å². The minimum absolute atomic E-state index is 0.502. The number of nitrogen functional groups attached to an aromatic ring is 1. The average molecular weight is 264 g/mol. The van der Waals surface area contributed by atoms with Crippen LogP contribution in [0.15, 0.2) is 30.6 Å². The molecule has 1 aromatic carbocycles. The molecule has 0 amide bonds. The largest absolute Gasteiger partial charge is 0.393 e. The van der Waals surface area contributed by atoms with Crippen LogP contribution in [-0.4, -0.2) is 24.1 Å². The van der Waals surface area contributed by atoms with Crippen LogP contribution in [0.5, 0.6) is 0 Å². The summed E-state index contributed by atoms with van der Waals surface area (Å²) in [6.07, 6.45) is 1.47. The van der Waals surface area contributed by atoms with E-state index in [2.05, 4.69) is 15.3 Å². The van der Waals surface area contributed by atoms with Gasteiger partial charge in [0.2, 0.25) is 0 Å². The van der Waals surface area contributed by atoms with E-state index in [4.69, 9.17) is 17.3 Å². The quantitative estimate of drug-likeness (QED) is 0.891. The minimum Gasteiger partial charge on any atom is -0.393 e. The van der Waals surface area contributed by atoms with Gasteiger partial charge >= 0.3 is 0 Å². The van der Waals surface area contributed by atoms with Gasteiger partial charge in [-0.15, -0.1) is 0 Å². The molecular weight excluding hydrogens is 250 g/mol. The molecule has 3 N–H and O–H groups in total. The summed E-state index contributed by atoms with van der Waals surface area (Å²) in [4.78, 5) is 10.1. The first-order chi connectivity index (χ1) is 8.58. The average Bonchev–Trinajstić information content (AvgIpc) is 2.31. The van der Waals surface area contributed by atoms with E-state index in [1.165, 1.54) is 6.33 Å². The van der Waals surface area contributed by atoms with Crippen molar-refractivity contribution in [2.45, 2.75) is 0 Å². The van der Waals surface area contributed by atoms with Gasteiger partial charge in [0.05, 0.1) is 0 Å². The lowest BCUT2D eigenvalue weighted by molar-refractivity contribution is 1.04. The van der Waals surface area contributed by atoms with Gasteiger partial charge in [-0.2, -0.15) is 0 Å². The first-order valence-corrected chi connectivity index (χ1v) is 5.76. The SMILES string of the molecule is CN(C)c1ncnc(Nc2cccc(Cl)c2)c1N. The number of nitrogens with one attached hydrogen (secondary N) is 1. The molecule has 1 heterocycles.